The van der Waals surface area contributed by atoms with Crippen LogP contribution in [0.4, 0.5) is 0 Å². The van der Waals surface area contributed by atoms with Gasteiger partial charge in [0, 0.05) is 30.6 Å². The lowest BCUT2D eigenvalue weighted by Gasteiger charge is -2.64. The van der Waals surface area contributed by atoms with Gasteiger partial charge in [-0.05, 0) is 115 Å². The van der Waals surface area contributed by atoms with Crippen LogP contribution in [0.3, 0.4) is 0 Å². The SMILES string of the molecule is CC(C)C1CC(=O)OC(C(C)C2CC(=O)C3C4C(CC[C@]23C)[C@@]2(C)CC[C@@H](OC(=O)c3ccccc3)CC2[C@@H](OC(=O)c2ccccc2)[C@@H]4OC(=O)c2ccccc2)C1. The van der Waals surface area contributed by atoms with Gasteiger partial charge >= 0.3 is 23.9 Å². The molecule has 0 bridgehead atoms. The van der Waals surface area contributed by atoms with Crippen molar-refractivity contribution in [2.75, 3.05) is 0 Å². The third-order valence-corrected chi connectivity index (χ3v) is 15.7. The average Bonchev–Trinajstić information content (AvgIpc) is 3.52. The molecular formula is C50H58O9. The Morgan fingerprint density at radius 3 is 1.73 bits per heavy atom. The molecule has 3 aromatic carbocycles. The van der Waals surface area contributed by atoms with Crippen LogP contribution in [0.25, 0.3) is 0 Å². The Kier molecular flexibility index (Phi) is 11.3. The van der Waals surface area contributed by atoms with Gasteiger partial charge in [0.05, 0.1) is 16.7 Å². The number of Topliss-reactive ketones (excluding diaryl/α,β-unsaturated/α-hetero) is 1. The predicted octanol–water partition coefficient (Wildman–Crippen LogP) is 9.33. The second kappa shape index (κ2) is 16.3. The monoisotopic (exact) mass is 802 g/mol. The molecule has 5 fully saturated rings. The van der Waals surface area contributed by atoms with E-state index in [1.807, 2.05) is 18.2 Å². The Labute approximate surface area is 347 Å². The quantitative estimate of drug-likeness (QED) is 0.154. The van der Waals surface area contributed by atoms with Crippen LogP contribution in [0.1, 0.15) is 117 Å². The second-order valence-electron chi connectivity index (χ2n) is 19.1. The average molecular weight is 803 g/mol. The van der Waals surface area contributed by atoms with Gasteiger partial charge in [-0.25, -0.2) is 14.4 Å². The van der Waals surface area contributed by atoms with Crippen LogP contribution >= 0.6 is 0 Å². The van der Waals surface area contributed by atoms with Crippen molar-refractivity contribution >= 4 is 29.7 Å². The summed E-state index contributed by atoms with van der Waals surface area (Å²) in [4.78, 5) is 69.8. The highest BCUT2D eigenvalue weighted by atomic mass is 16.6. The van der Waals surface area contributed by atoms with Crippen LogP contribution in [0.5, 0.6) is 0 Å². The summed E-state index contributed by atoms with van der Waals surface area (Å²) in [6, 6.07) is 26.5. The van der Waals surface area contributed by atoms with E-state index in [-0.39, 0.29) is 47.4 Å². The van der Waals surface area contributed by atoms with Gasteiger partial charge < -0.3 is 18.9 Å². The molecule has 8 unspecified atom stereocenters. The number of ketones is 1. The molecule has 1 heterocycles. The highest BCUT2D eigenvalue weighted by Gasteiger charge is 2.70. The van der Waals surface area contributed by atoms with E-state index in [0.29, 0.717) is 54.7 Å². The number of carbonyl (C=O) groups excluding carboxylic acids is 5. The number of hydrogen-bond acceptors (Lipinski definition) is 9. The summed E-state index contributed by atoms with van der Waals surface area (Å²) in [5.41, 5.74) is 0.279. The molecule has 8 rings (SSSR count). The highest BCUT2D eigenvalue weighted by Crippen LogP contribution is 2.68. The molecule has 3 aromatic rings. The van der Waals surface area contributed by atoms with Gasteiger partial charge in [-0.15, -0.1) is 0 Å². The molecule has 59 heavy (non-hydrogen) atoms. The van der Waals surface area contributed by atoms with Crippen molar-refractivity contribution in [3.05, 3.63) is 108 Å². The zero-order chi connectivity index (χ0) is 41.6. The van der Waals surface area contributed by atoms with Crippen molar-refractivity contribution in [2.45, 2.75) is 110 Å². The largest absolute Gasteiger partial charge is 0.462 e. The molecule has 312 valence electrons. The van der Waals surface area contributed by atoms with Crippen molar-refractivity contribution in [1.82, 2.24) is 0 Å². The lowest BCUT2D eigenvalue weighted by Crippen LogP contribution is -2.66. The molecule has 13 atom stereocenters. The molecule has 9 heteroatoms. The summed E-state index contributed by atoms with van der Waals surface area (Å²) >= 11 is 0. The summed E-state index contributed by atoms with van der Waals surface area (Å²) in [5, 5.41) is 0. The maximum absolute atomic E-state index is 14.9. The standard InChI is InChI=1S/C50H58O9/c1-29(2)34-25-40(57-41(52)26-34)30(3)37-28-39(51)43-42-36(22-24-50(37,43)5)49(4)23-21-35(56-46(53)31-15-9-6-10-16-31)27-38(49)44(58-47(54)32-17-11-7-12-18-32)45(42)59-48(55)33-19-13-8-14-20-33/h6-20,29-30,34-38,40,42-45H,21-28H2,1-5H3/t30?,34?,35-,36?,37?,38?,40?,42?,43?,44-,45-,49-,50-/m1/s1. The van der Waals surface area contributed by atoms with Crippen molar-refractivity contribution in [3.8, 4) is 0 Å². The molecule has 4 aliphatic carbocycles. The van der Waals surface area contributed by atoms with Crippen molar-refractivity contribution in [3.63, 3.8) is 0 Å². The maximum Gasteiger partial charge on any atom is 0.338 e. The molecule has 0 aromatic heterocycles. The summed E-state index contributed by atoms with van der Waals surface area (Å²) in [5.74, 6) is -2.42. The number of rotatable bonds is 9. The van der Waals surface area contributed by atoms with Crippen LogP contribution in [0.2, 0.25) is 0 Å². The van der Waals surface area contributed by atoms with E-state index in [1.54, 1.807) is 72.8 Å². The van der Waals surface area contributed by atoms with Gasteiger partial charge in [0.15, 0.2) is 0 Å². The summed E-state index contributed by atoms with van der Waals surface area (Å²) in [6.07, 6.45) is 2.16. The maximum atomic E-state index is 14.9. The Morgan fingerprint density at radius 1 is 0.644 bits per heavy atom. The van der Waals surface area contributed by atoms with Crippen LogP contribution in [-0.2, 0) is 28.5 Å². The summed E-state index contributed by atoms with van der Waals surface area (Å²) in [6.45, 7) is 10.9. The minimum absolute atomic E-state index is 0.0487. The highest BCUT2D eigenvalue weighted by molar-refractivity contribution is 5.91. The number of carbonyl (C=O) groups is 5. The first-order chi connectivity index (χ1) is 28.3. The fourth-order valence-electron chi connectivity index (χ4n) is 12.5. The molecule has 9 nitrogen and oxygen atoms in total. The first-order valence-corrected chi connectivity index (χ1v) is 21.8. The van der Waals surface area contributed by atoms with E-state index in [9.17, 15) is 24.0 Å². The van der Waals surface area contributed by atoms with Crippen molar-refractivity contribution in [2.24, 2.45) is 58.2 Å². The minimum Gasteiger partial charge on any atom is -0.462 e. The van der Waals surface area contributed by atoms with Crippen molar-refractivity contribution in [1.29, 1.82) is 0 Å². The van der Waals surface area contributed by atoms with E-state index in [0.717, 1.165) is 19.3 Å². The van der Waals surface area contributed by atoms with Crippen LogP contribution < -0.4 is 0 Å². The zero-order valence-corrected chi connectivity index (χ0v) is 34.9. The molecule has 1 saturated heterocycles. The summed E-state index contributed by atoms with van der Waals surface area (Å²) < 4.78 is 25.6. The van der Waals surface area contributed by atoms with Gasteiger partial charge in [0.1, 0.15) is 30.2 Å². The number of esters is 4. The normalized spacial score (nSPS) is 35.6. The van der Waals surface area contributed by atoms with Gasteiger partial charge in [0.2, 0.25) is 0 Å². The summed E-state index contributed by atoms with van der Waals surface area (Å²) in [7, 11) is 0. The second-order valence-corrected chi connectivity index (χ2v) is 19.1. The number of benzene rings is 3. The zero-order valence-electron chi connectivity index (χ0n) is 34.9. The van der Waals surface area contributed by atoms with Gasteiger partial charge in [-0.1, -0.05) is 89.2 Å². The van der Waals surface area contributed by atoms with E-state index < -0.39 is 58.9 Å². The van der Waals surface area contributed by atoms with Crippen LogP contribution in [-0.4, -0.2) is 54.1 Å². The number of ether oxygens (including phenoxy) is 4. The Morgan fingerprint density at radius 2 is 1.17 bits per heavy atom. The Bertz CT molecular complexity index is 2030. The van der Waals surface area contributed by atoms with E-state index in [2.05, 4.69) is 34.6 Å². The third kappa shape index (κ3) is 7.63. The topological polar surface area (TPSA) is 122 Å². The Balaban J connectivity index is 1.19. The first kappa shape index (κ1) is 41.0. The van der Waals surface area contributed by atoms with Crippen LogP contribution in [0.15, 0.2) is 91.0 Å². The molecule has 0 amide bonds. The number of fused-ring (bicyclic) bond motifs is 5. The fourth-order valence-corrected chi connectivity index (χ4v) is 12.5. The molecule has 0 spiro atoms. The molecule has 0 radical (unpaired) electrons. The predicted molar refractivity (Wildman–Crippen MR) is 220 cm³/mol. The van der Waals surface area contributed by atoms with Crippen molar-refractivity contribution < 1.29 is 42.9 Å². The van der Waals surface area contributed by atoms with E-state index >= 15 is 0 Å². The van der Waals surface area contributed by atoms with E-state index in [1.165, 1.54) is 0 Å². The van der Waals surface area contributed by atoms with Gasteiger partial charge in [-0.3, -0.25) is 9.59 Å². The fraction of sp³-hybridized carbons (Fsp3) is 0.540. The smallest absolute Gasteiger partial charge is 0.338 e. The Hall–Kier alpha value is -4.79. The lowest BCUT2D eigenvalue weighted by atomic mass is 9.43. The van der Waals surface area contributed by atoms with Crippen LogP contribution in [0, 0.1) is 58.2 Å². The molecule has 1 aliphatic heterocycles. The lowest BCUT2D eigenvalue weighted by molar-refractivity contribution is -0.223. The van der Waals surface area contributed by atoms with Gasteiger partial charge in [0.25, 0.3) is 0 Å². The molecule has 0 N–H and O–H groups in total. The molecule has 4 saturated carbocycles. The third-order valence-electron chi connectivity index (χ3n) is 15.7. The first-order valence-electron chi connectivity index (χ1n) is 21.8. The molecular weight excluding hydrogens is 745 g/mol. The number of cyclic esters (lactones) is 1. The minimum atomic E-state index is -0.956. The van der Waals surface area contributed by atoms with Gasteiger partial charge in [-0.2, -0.15) is 0 Å². The van der Waals surface area contributed by atoms with E-state index in [4.69, 9.17) is 18.9 Å². The molecule has 5 aliphatic rings. The number of hydrogen-bond donors (Lipinski definition) is 0.